The second-order valence-electron chi connectivity index (χ2n) is 5.66. The summed E-state index contributed by atoms with van der Waals surface area (Å²) in [6.45, 7) is 9.70. The molecule has 2 nitrogen and oxygen atoms in total. The van der Waals surface area contributed by atoms with Gasteiger partial charge in [-0.05, 0) is 23.9 Å². The summed E-state index contributed by atoms with van der Waals surface area (Å²) >= 11 is 1.80. The number of aryl methyl sites for hydroxylation is 2. The molecule has 4 aromatic rings. The first-order valence-electron chi connectivity index (χ1n) is 7.48. The van der Waals surface area contributed by atoms with E-state index in [9.17, 15) is 0 Å². The summed E-state index contributed by atoms with van der Waals surface area (Å²) in [5, 5.41) is 2.30. The molecule has 0 amide bonds. The third-order valence-electron chi connectivity index (χ3n) is 4.37. The largest absolute Gasteiger partial charge is 0.237 e. The summed E-state index contributed by atoms with van der Waals surface area (Å²) in [6.07, 6.45) is 0. The van der Waals surface area contributed by atoms with Crippen LogP contribution in [0.2, 0.25) is 0 Å². The van der Waals surface area contributed by atoms with Crippen LogP contribution in [0, 0.1) is 13.5 Å². The zero-order valence-electron chi connectivity index (χ0n) is 13.0. The van der Waals surface area contributed by atoms with Gasteiger partial charge in [0.25, 0.3) is 0 Å². The predicted octanol–water partition coefficient (Wildman–Crippen LogP) is 5.41. The average molecular weight is 315 g/mol. The number of nitrogens with zero attached hydrogens (tertiary/aromatic N) is 2. The van der Waals surface area contributed by atoms with Gasteiger partial charge in [-0.1, -0.05) is 36.4 Å². The van der Waals surface area contributed by atoms with Crippen LogP contribution in [-0.2, 0) is 7.05 Å². The monoisotopic (exact) mass is 315 g/mol. The van der Waals surface area contributed by atoms with Gasteiger partial charge in [-0.2, -0.15) is 4.57 Å². The number of aromatic nitrogens is 1. The molecule has 0 saturated heterocycles. The van der Waals surface area contributed by atoms with E-state index in [-0.39, 0.29) is 0 Å². The molecule has 0 unspecified atom stereocenters. The molecule has 2 heterocycles. The summed E-state index contributed by atoms with van der Waals surface area (Å²) in [5.74, 6) is 0. The van der Waals surface area contributed by atoms with Gasteiger partial charge in [-0.15, -0.1) is 11.3 Å². The van der Waals surface area contributed by atoms with Crippen LogP contribution in [0.15, 0.2) is 54.6 Å². The Kier molecular flexibility index (Phi) is 3.14. The van der Waals surface area contributed by atoms with Crippen molar-refractivity contribution in [1.29, 1.82) is 0 Å². The van der Waals surface area contributed by atoms with Gasteiger partial charge in [0.2, 0.25) is 16.9 Å². The molecule has 0 saturated carbocycles. The summed E-state index contributed by atoms with van der Waals surface area (Å²) in [6, 6.07) is 18.6. The normalized spacial score (nSPS) is 11.0. The van der Waals surface area contributed by atoms with Crippen molar-refractivity contribution in [2.45, 2.75) is 6.92 Å². The van der Waals surface area contributed by atoms with E-state index in [0.29, 0.717) is 5.69 Å². The number of hydrogen-bond acceptors (Lipinski definition) is 1. The third-order valence-corrected chi connectivity index (χ3v) is 5.67. The molecule has 110 valence electrons. The molecule has 0 aliphatic rings. The lowest BCUT2D eigenvalue weighted by molar-refractivity contribution is -0.633. The molecule has 0 aliphatic heterocycles. The molecule has 0 fully saturated rings. The SMILES string of the molecule is [C-]#[N+]c1cc(-c2sc3ccccc3c2C)[n+](C)c2ccccc12. The van der Waals surface area contributed by atoms with E-state index in [4.69, 9.17) is 6.57 Å². The van der Waals surface area contributed by atoms with Gasteiger partial charge < -0.3 is 0 Å². The summed E-state index contributed by atoms with van der Waals surface area (Å²) in [7, 11) is 2.08. The van der Waals surface area contributed by atoms with E-state index < -0.39 is 0 Å². The topological polar surface area (TPSA) is 8.24 Å². The molecule has 2 aromatic heterocycles. The van der Waals surface area contributed by atoms with Gasteiger partial charge in [0.1, 0.15) is 11.9 Å². The first kappa shape index (κ1) is 13.9. The highest BCUT2D eigenvalue weighted by Crippen LogP contribution is 2.38. The van der Waals surface area contributed by atoms with Gasteiger partial charge in [0.15, 0.2) is 0 Å². The Bertz CT molecular complexity index is 1100. The molecule has 2 aromatic carbocycles. The Morgan fingerprint density at radius 2 is 1.70 bits per heavy atom. The lowest BCUT2D eigenvalue weighted by Gasteiger charge is -2.05. The first-order valence-corrected chi connectivity index (χ1v) is 8.30. The van der Waals surface area contributed by atoms with E-state index in [1.807, 2.05) is 24.3 Å². The Morgan fingerprint density at radius 3 is 2.43 bits per heavy atom. The molecule has 0 radical (unpaired) electrons. The highest BCUT2D eigenvalue weighted by atomic mass is 32.1. The summed E-state index contributed by atoms with van der Waals surface area (Å²) in [5.41, 5.74) is 4.19. The molecule has 0 atom stereocenters. The number of thiophene rings is 1. The van der Waals surface area contributed by atoms with Crippen LogP contribution >= 0.6 is 11.3 Å². The number of fused-ring (bicyclic) bond motifs is 2. The van der Waals surface area contributed by atoms with Gasteiger partial charge in [0.05, 0.1) is 12.0 Å². The Morgan fingerprint density at radius 1 is 1.00 bits per heavy atom. The molecule has 4 rings (SSSR count). The fraction of sp³-hybridized carbons (Fsp3) is 0.100. The second-order valence-corrected chi connectivity index (χ2v) is 6.71. The zero-order valence-corrected chi connectivity index (χ0v) is 13.8. The maximum Gasteiger partial charge on any atom is 0.212 e. The van der Waals surface area contributed by atoms with Crippen LogP contribution in [0.5, 0.6) is 0 Å². The van der Waals surface area contributed by atoms with Crippen LogP contribution in [0.4, 0.5) is 5.69 Å². The van der Waals surface area contributed by atoms with Crippen molar-refractivity contribution in [2.75, 3.05) is 0 Å². The van der Waals surface area contributed by atoms with Crippen LogP contribution < -0.4 is 4.57 Å². The van der Waals surface area contributed by atoms with Gasteiger partial charge in [0, 0.05) is 16.8 Å². The smallest absolute Gasteiger partial charge is 0.212 e. The maximum absolute atomic E-state index is 7.54. The van der Waals surface area contributed by atoms with E-state index in [1.165, 1.54) is 20.5 Å². The highest BCUT2D eigenvalue weighted by Gasteiger charge is 2.21. The molecular formula is C20H15N2S+. The van der Waals surface area contributed by atoms with Gasteiger partial charge in [-0.3, -0.25) is 0 Å². The van der Waals surface area contributed by atoms with Gasteiger partial charge >= 0.3 is 0 Å². The minimum atomic E-state index is 0.713. The van der Waals surface area contributed by atoms with Crippen molar-refractivity contribution in [3.8, 4) is 10.6 Å². The van der Waals surface area contributed by atoms with E-state index in [1.54, 1.807) is 11.3 Å². The molecular weight excluding hydrogens is 300 g/mol. The fourth-order valence-electron chi connectivity index (χ4n) is 3.15. The number of pyridine rings is 1. The lowest BCUT2D eigenvalue weighted by Crippen LogP contribution is -2.31. The van der Waals surface area contributed by atoms with Crippen LogP contribution in [0.3, 0.4) is 0 Å². The van der Waals surface area contributed by atoms with Crippen molar-refractivity contribution in [1.82, 2.24) is 0 Å². The van der Waals surface area contributed by atoms with Crippen molar-refractivity contribution < 1.29 is 4.57 Å². The van der Waals surface area contributed by atoms with Crippen molar-refractivity contribution in [2.24, 2.45) is 7.05 Å². The first-order chi connectivity index (χ1) is 11.2. The lowest BCUT2D eigenvalue weighted by atomic mass is 10.1. The minimum absolute atomic E-state index is 0.713. The van der Waals surface area contributed by atoms with Crippen LogP contribution in [-0.4, -0.2) is 0 Å². The van der Waals surface area contributed by atoms with Crippen LogP contribution in [0.1, 0.15) is 5.56 Å². The van der Waals surface area contributed by atoms with Gasteiger partial charge in [-0.25, -0.2) is 4.85 Å². The molecule has 0 aliphatic carbocycles. The number of rotatable bonds is 1. The molecule has 0 spiro atoms. The Labute approximate surface area is 139 Å². The number of hydrogen-bond donors (Lipinski definition) is 0. The standard InChI is InChI=1S/C20H15N2S/c1-13-14-8-5-7-11-19(14)23-20(13)18-12-16(21-2)15-9-4-6-10-17(15)22(18)3/h4-12H,1,3H3/q+1. The quantitative estimate of drug-likeness (QED) is 0.328. The molecule has 0 N–H and O–H groups in total. The van der Waals surface area contributed by atoms with Crippen molar-refractivity contribution in [3.63, 3.8) is 0 Å². The Hall–Kier alpha value is -2.70. The summed E-state index contributed by atoms with van der Waals surface area (Å²) in [4.78, 5) is 4.99. The van der Waals surface area contributed by atoms with Crippen molar-refractivity contribution >= 4 is 38.0 Å². The molecule has 3 heteroatoms. The van der Waals surface area contributed by atoms with Crippen LogP contribution in [0.25, 0.3) is 36.4 Å². The van der Waals surface area contributed by atoms with E-state index in [0.717, 1.165) is 16.6 Å². The minimum Gasteiger partial charge on any atom is -0.237 e. The summed E-state index contributed by atoms with van der Waals surface area (Å²) < 4.78 is 3.49. The molecule has 23 heavy (non-hydrogen) atoms. The molecule has 0 bridgehead atoms. The highest BCUT2D eigenvalue weighted by molar-refractivity contribution is 7.22. The second kappa shape index (κ2) is 5.19. The zero-order chi connectivity index (χ0) is 16.0. The van der Waals surface area contributed by atoms with E-state index >= 15 is 0 Å². The maximum atomic E-state index is 7.54. The fourth-order valence-corrected chi connectivity index (χ4v) is 4.41. The number of benzene rings is 2. The van der Waals surface area contributed by atoms with E-state index in [2.05, 4.69) is 53.7 Å². The average Bonchev–Trinajstić information content (AvgIpc) is 2.93. The number of para-hydroxylation sites is 1. The Balaban J connectivity index is 2.11. The predicted molar refractivity (Wildman–Crippen MR) is 96.9 cm³/mol. The van der Waals surface area contributed by atoms with Crippen molar-refractivity contribution in [3.05, 3.63) is 71.6 Å². The third kappa shape index (κ3) is 2.03.